The number of rotatable bonds is 5. The summed E-state index contributed by atoms with van der Waals surface area (Å²) in [5.74, 6) is 6.88. The maximum atomic E-state index is 10.1. The maximum Gasteiger partial charge on any atom is 0.243 e. The lowest BCUT2D eigenvalue weighted by Gasteiger charge is -2.36. The molecule has 0 atom stereocenters. The minimum absolute atomic E-state index is 0.341. The molecule has 1 aliphatic carbocycles. The number of nitrogens with zero attached hydrogens (tertiary/aromatic N) is 4. The number of piperidine rings is 1. The van der Waals surface area contributed by atoms with Crippen LogP contribution in [0.15, 0.2) is 0 Å². The molecule has 5 N–H and O–H groups in total. The van der Waals surface area contributed by atoms with Crippen molar-refractivity contribution in [3.8, 4) is 0 Å². The number of aliphatic hydroxyl groups is 1. The lowest BCUT2D eigenvalue weighted by atomic mass is 9.80. The van der Waals surface area contributed by atoms with Gasteiger partial charge in [0.1, 0.15) is 0 Å². The second-order valence-corrected chi connectivity index (χ2v) is 5.91. The number of anilines is 3. The van der Waals surface area contributed by atoms with Crippen LogP contribution >= 0.6 is 0 Å². The van der Waals surface area contributed by atoms with Crippen molar-refractivity contribution in [2.24, 2.45) is 5.84 Å². The lowest BCUT2D eigenvalue weighted by molar-refractivity contribution is -0.0203. The van der Waals surface area contributed by atoms with Crippen LogP contribution in [0.2, 0.25) is 0 Å². The molecule has 116 valence electrons. The highest BCUT2D eigenvalue weighted by molar-refractivity contribution is 5.43. The topological polar surface area (TPSA) is 112 Å². The molecular weight excluding hydrogens is 270 g/mol. The van der Waals surface area contributed by atoms with Crippen LogP contribution in [0.3, 0.4) is 0 Å². The first-order valence-corrected chi connectivity index (χ1v) is 7.62. The SMILES string of the molecule is NNc1nc(NCC2(O)CCC2)nc(N2CCCCC2)n1. The molecule has 2 aliphatic rings. The molecule has 8 nitrogen and oxygen atoms in total. The zero-order chi connectivity index (χ0) is 14.7. The molecule has 1 aromatic rings. The smallest absolute Gasteiger partial charge is 0.243 e. The van der Waals surface area contributed by atoms with Crippen LogP contribution in [0.25, 0.3) is 0 Å². The molecule has 0 amide bonds. The van der Waals surface area contributed by atoms with E-state index in [9.17, 15) is 5.11 Å². The van der Waals surface area contributed by atoms with Gasteiger partial charge in [0.2, 0.25) is 17.8 Å². The van der Waals surface area contributed by atoms with Crippen LogP contribution in [0.5, 0.6) is 0 Å². The Morgan fingerprint density at radius 3 is 2.38 bits per heavy atom. The van der Waals surface area contributed by atoms with Crippen molar-refractivity contribution in [1.82, 2.24) is 15.0 Å². The minimum Gasteiger partial charge on any atom is -0.388 e. The van der Waals surface area contributed by atoms with Crippen molar-refractivity contribution < 1.29 is 5.11 Å². The maximum absolute atomic E-state index is 10.1. The number of aromatic nitrogens is 3. The molecule has 21 heavy (non-hydrogen) atoms. The van der Waals surface area contributed by atoms with Gasteiger partial charge in [-0.3, -0.25) is 5.43 Å². The summed E-state index contributed by atoms with van der Waals surface area (Å²) in [6.45, 7) is 2.37. The van der Waals surface area contributed by atoms with E-state index < -0.39 is 5.60 Å². The van der Waals surface area contributed by atoms with Crippen molar-refractivity contribution >= 4 is 17.8 Å². The molecule has 2 fully saturated rings. The number of nitrogen functional groups attached to an aromatic ring is 1. The summed E-state index contributed by atoms with van der Waals surface area (Å²) in [6.07, 6.45) is 6.28. The Morgan fingerprint density at radius 2 is 1.76 bits per heavy atom. The van der Waals surface area contributed by atoms with E-state index >= 15 is 0 Å². The summed E-state index contributed by atoms with van der Waals surface area (Å²) in [6, 6.07) is 0. The van der Waals surface area contributed by atoms with Crippen molar-refractivity contribution in [2.75, 3.05) is 35.3 Å². The van der Waals surface area contributed by atoms with Gasteiger partial charge in [-0.2, -0.15) is 15.0 Å². The van der Waals surface area contributed by atoms with Gasteiger partial charge in [0.25, 0.3) is 0 Å². The Balaban J connectivity index is 1.72. The van der Waals surface area contributed by atoms with Crippen LogP contribution in [0.4, 0.5) is 17.8 Å². The van der Waals surface area contributed by atoms with Crippen LogP contribution in [0.1, 0.15) is 38.5 Å². The zero-order valence-corrected chi connectivity index (χ0v) is 12.2. The molecule has 0 spiro atoms. The third kappa shape index (κ3) is 3.33. The van der Waals surface area contributed by atoms with Crippen molar-refractivity contribution in [2.45, 2.75) is 44.1 Å². The lowest BCUT2D eigenvalue weighted by Crippen LogP contribution is -2.43. The molecular formula is C13H23N7O. The van der Waals surface area contributed by atoms with Crippen LogP contribution in [0, 0.1) is 0 Å². The second-order valence-electron chi connectivity index (χ2n) is 5.91. The number of nitrogens with one attached hydrogen (secondary N) is 2. The Kier molecular flexibility index (Phi) is 4.07. The van der Waals surface area contributed by atoms with Crippen molar-refractivity contribution in [3.63, 3.8) is 0 Å². The second kappa shape index (κ2) is 5.98. The van der Waals surface area contributed by atoms with Crippen molar-refractivity contribution in [1.29, 1.82) is 0 Å². The first-order valence-electron chi connectivity index (χ1n) is 7.62. The molecule has 0 aromatic carbocycles. The summed E-state index contributed by atoms with van der Waals surface area (Å²) in [5, 5.41) is 13.2. The summed E-state index contributed by atoms with van der Waals surface area (Å²) in [5.41, 5.74) is 1.86. The van der Waals surface area contributed by atoms with E-state index in [4.69, 9.17) is 5.84 Å². The Bertz CT molecular complexity index is 485. The van der Waals surface area contributed by atoms with Gasteiger partial charge in [0.15, 0.2) is 0 Å². The predicted octanol–water partition coefficient (Wildman–Crippen LogP) is 0.474. The zero-order valence-electron chi connectivity index (χ0n) is 12.2. The van der Waals surface area contributed by atoms with Gasteiger partial charge in [-0.05, 0) is 38.5 Å². The highest BCUT2D eigenvalue weighted by Crippen LogP contribution is 2.31. The van der Waals surface area contributed by atoms with Gasteiger partial charge in [-0.15, -0.1) is 0 Å². The van der Waals surface area contributed by atoms with Gasteiger partial charge in [-0.1, -0.05) is 0 Å². The fourth-order valence-electron chi connectivity index (χ4n) is 2.75. The summed E-state index contributed by atoms with van der Waals surface area (Å²) < 4.78 is 0. The fourth-order valence-corrected chi connectivity index (χ4v) is 2.75. The van der Waals surface area contributed by atoms with Gasteiger partial charge >= 0.3 is 0 Å². The number of nitrogens with two attached hydrogens (primary N) is 1. The molecule has 8 heteroatoms. The first-order chi connectivity index (χ1) is 10.2. The molecule has 0 bridgehead atoms. The molecule has 1 aromatic heterocycles. The fraction of sp³-hybridized carbons (Fsp3) is 0.769. The molecule has 0 radical (unpaired) electrons. The van der Waals surface area contributed by atoms with Crippen LogP contribution in [-0.2, 0) is 0 Å². The molecule has 1 aliphatic heterocycles. The summed E-state index contributed by atoms with van der Waals surface area (Å²) in [7, 11) is 0. The average molecular weight is 293 g/mol. The normalized spacial score (nSPS) is 20.8. The molecule has 1 saturated carbocycles. The van der Waals surface area contributed by atoms with Gasteiger partial charge < -0.3 is 15.3 Å². The monoisotopic (exact) mass is 293 g/mol. The Labute approximate surface area is 124 Å². The first kappa shape index (κ1) is 14.3. The minimum atomic E-state index is -0.617. The Hall–Kier alpha value is -1.67. The molecule has 3 rings (SSSR count). The van der Waals surface area contributed by atoms with E-state index in [1.165, 1.54) is 6.42 Å². The highest BCUT2D eigenvalue weighted by Gasteiger charge is 2.34. The molecule has 0 unspecified atom stereocenters. The van der Waals surface area contributed by atoms with E-state index in [-0.39, 0.29) is 0 Å². The molecule has 2 heterocycles. The number of hydrogen-bond acceptors (Lipinski definition) is 8. The predicted molar refractivity (Wildman–Crippen MR) is 81.0 cm³/mol. The average Bonchev–Trinajstić information content (AvgIpc) is 2.51. The summed E-state index contributed by atoms with van der Waals surface area (Å²) >= 11 is 0. The Morgan fingerprint density at radius 1 is 1.05 bits per heavy atom. The van der Waals surface area contributed by atoms with Gasteiger partial charge in [0.05, 0.1) is 5.60 Å². The third-order valence-corrected chi connectivity index (χ3v) is 4.25. The van der Waals surface area contributed by atoms with Gasteiger partial charge in [0, 0.05) is 19.6 Å². The van der Waals surface area contributed by atoms with Crippen LogP contribution in [-0.4, -0.2) is 45.3 Å². The van der Waals surface area contributed by atoms with Crippen LogP contribution < -0.4 is 21.5 Å². The largest absolute Gasteiger partial charge is 0.388 e. The van der Waals surface area contributed by atoms with E-state index in [1.54, 1.807) is 0 Å². The highest BCUT2D eigenvalue weighted by atomic mass is 16.3. The van der Waals surface area contributed by atoms with Gasteiger partial charge in [-0.25, -0.2) is 5.84 Å². The van der Waals surface area contributed by atoms with E-state index in [0.29, 0.717) is 24.4 Å². The quantitative estimate of drug-likeness (QED) is 0.458. The summed E-state index contributed by atoms with van der Waals surface area (Å²) in [4.78, 5) is 15.1. The van der Waals surface area contributed by atoms with Crippen molar-refractivity contribution in [3.05, 3.63) is 0 Å². The number of hydrazine groups is 1. The standard InChI is InChI=1S/C13H23N7O/c14-19-11-16-10(15-9-13(21)5-4-6-13)17-12(18-11)20-7-2-1-3-8-20/h21H,1-9,14H2,(H2,15,16,17,18,19). The van der Waals surface area contributed by atoms with E-state index in [2.05, 4.69) is 30.6 Å². The molecule has 1 saturated heterocycles. The van der Waals surface area contributed by atoms with E-state index in [0.717, 1.165) is 45.2 Å². The van der Waals surface area contributed by atoms with E-state index in [1.807, 2.05) is 0 Å². The number of hydrogen-bond donors (Lipinski definition) is 4. The third-order valence-electron chi connectivity index (χ3n) is 4.25.